The lowest BCUT2D eigenvalue weighted by Gasteiger charge is -2.27. The second-order valence-electron chi connectivity index (χ2n) is 7.52. The van der Waals surface area contributed by atoms with E-state index < -0.39 is 5.91 Å². The van der Waals surface area contributed by atoms with E-state index in [1.807, 2.05) is 12.3 Å². The highest BCUT2D eigenvalue weighted by Crippen LogP contribution is 2.30. The quantitative estimate of drug-likeness (QED) is 0.467. The number of hydrogen-bond donors (Lipinski definition) is 4. The summed E-state index contributed by atoms with van der Waals surface area (Å²) in [5, 5.41) is 24.0. The fraction of sp³-hybridized carbons (Fsp3) is 0.368. The summed E-state index contributed by atoms with van der Waals surface area (Å²) in [6.07, 6.45) is 3.72. The van der Waals surface area contributed by atoms with Crippen LogP contribution in [-0.4, -0.2) is 56.7 Å². The third-order valence-corrected chi connectivity index (χ3v) is 5.29. The van der Waals surface area contributed by atoms with Crippen LogP contribution in [0.1, 0.15) is 34.8 Å². The molecule has 30 heavy (non-hydrogen) atoms. The maximum Gasteiger partial charge on any atom is 0.273 e. The van der Waals surface area contributed by atoms with Crippen molar-refractivity contribution in [2.75, 3.05) is 30.8 Å². The molecule has 2 fully saturated rings. The van der Waals surface area contributed by atoms with Gasteiger partial charge in [-0.1, -0.05) is 6.07 Å². The van der Waals surface area contributed by atoms with Gasteiger partial charge in [-0.25, -0.2) is 4.52 Å². The number of hydrogen-bond acceptors (Lipinski definition) is 8. The van der Waals surface area contributed by atoms with E-state index in [1.165, 1.54) is 12.6 Å². The third kappa shape index (κ3) is 3.54. The molecular weight excluding hydrogens is 386 g/mol. The van der Waals surface area contributed by atoms with Crippen molar-refractivity contribution in [1.29, 1.82) is 0 Å². The van der Waals surface area contributed by atoms with E-state index in [-0.39, 0.29) is 23.3 Å². The minimum Gasteiger partial charge on any atom is -0.354 e. The molecule has 0 bridgehead atoms. The van der Waals surface area contributed by atoms with Gasteiger partial charge in [0, 0.05) is 44.2 Å². The van der Waals surface area contributed by atoms with Gasteiger partial charge in [0.15, 0.2) is 17.2 Å². The lowest BCUT2D eigenvalue weighted by Crippen LogP contribution is -2.39. The van der Waals surface area contributed by atoms with E-state index in [9.17, 15) is 9.59 Å². The number of anilines is 3. The van der Waals surface area contributed by atoms with Crippen molar-refractivity contribution < 1.29 is 9.59 Å². The largest absolute Gasteiger partial charge is 0.354 e. The molecule has 1 saturated heterocycles. The van der Waals surface area contributed by atoms with Crippen molar-refractivity contribution >= 4 is 34.9 Å². The van der Waals surface area contributed by atoms with E-state index in [0.717, 1.165) is 25.9 Å². The van der Waals surface area contributed by atoms with Crippen LogP contribution in [0.3, 0.4) is 0 Å². The topological polar surface area (TPSA) is 138 Å². The molecule has 0 spiro atoms. The van der Waals surface area contributed by atoms with Gasteiger partial charge in [-0.2, -0.15) is 4.98 Å². The average Bonchev–Trinajstić information content (AvgIpc) is 3.47. The van der Waals surface area contributed by atoms with Crippen molar-refractivity contribution in [1.82, 2.24) is 35.4 Å². The van der Waals surface area contributed by atoms with Crippen molar-refractivity contribution in [3.63, 3.8) is 0 Å². The van der Waals surface area contributed by atoms with Crippen molar-refractivity contribution in [2.45, 2.75) is 18.8 Å². The third-order valence-electron chi connectivity index (χ3n) is 5.29. The van der Waals surface area contributed by atoms with Crippen molar-refractivity contribution in [2.24, 2.45) is 5.92 Å². The molecule has 2 aliphatic rings. The minimum atomic E-state index is -0.409. The summed E-state index contributed by atoms with van der Waals surface area (Å²) in [7, 11) is 1.51. The van der Waals surface area contributed by atoms with Crippen LogP contribution in [0.4, 0.5) is 17.5 Å². The highest BCUT2D eigenvalue weighted by atomic mass is 16.2. The van der Waals surface area contributed by atoms with Gasteiger partial charge >= 0.3 is 0 Å². The van der Waals surface area contributed by atoms with E-state index >= 15 is 0 Å². The Balaban J connectivity index is 1.43. The summed E-state index contributed by atoms with van der Waals surface area (Å²) in [4.78, 5) is 28.7. The standard InChI is InChI=1S/C19H21N9O2/c1-20-18(30)16-13(6-14(25-26-16)23-17(29)10-2-3-10)22-19-24-15-5-4-11(9-28(15)27-19)12-7-21-8-12/h4-6,9-10,12,21H,2-3,7-8H2,1H3,(H,20,30)(H2,22,23,25,27,29). The summed E-state index contributed by atoms with van der Waals surface area (Å²) in [6.45, 7) is 1.91. The molecule has 0 atom stereocenters. The van der Waals surface area contributed by atoms with E-state index in [4.69, 9.17) is 0 Å². The normalized spacial score (nSPS) is 16.2. The van der Waals surface area contributed by atoms with Crippen LogP contribution in [0.2, 0.25) is 0 Å². The van der Waals surface area contributed by atoms with Crippen LogP contribution in [0.25, 0.3) is 5.65 Å². The molecule has 0 unspecified atom stereocenters. The number of amides is 2. The molecule has 5 rings (SSSR count). The highest BCUT2D eigenvalue weighted by Gasteiger charge is 2.30. The van der Waals surface area contributed by atoms with Crippen molar-refractivity contribution in [3.05, 3.63) is 35.7 Å². The summed E-state index contributed by atoms with van der Waals surface area (Å²) < 4.78 is 1.71. The number of fused-ring (bicyclic) bond motifs is 1. The Hall–Kier alpha value is -3.60. The molecule has 11 heteroatoms. The highest BCUT2D eigenvalue weighted by molar-refractivity contribution is 5.99. The van der Waals surface area contributed by atoms with Gasteiger partial charge < -0.3 is 21.3 Å². The van der Waals surface area contributed by atoms with Gasteiger partial charge in [-0.05, 0) is 24.5 Å². The molecule has 1 aliphatic heterocycles. The maximum absolute atomic E-state index is 12.2. The monoisotopic (exact) mass is 407 g/mol. The first-order valence-electron chi connectivity index (χ1n) is 9.85. The molecular formula is C19H21N9O2. The zero-order valence-corrected chi connectivity index (χ0v) is 16.3. The van der Waals surface area contributed by atoms with Crippen molar-refractivity contribution in [3.8, 4) is 0 Å². The Labute approximate surface area is 171 Å². The van der Waals surface area contributed by atoms with Gasteiger partial charge in [-0.3, -0.25) is 9.59 Å². The SMILES string of the molecule is CNC(=O)c1nnc(NC(=O)C2CC2)cc1Nc1nc2ccc(C3CNC3)cn2n1. The fourth-order valence-electron chi connectivity index (χ4n) is 3.25. The molecule has 4 heterocycles. The second-order valence-corrected chi connectivity index (χ2v) is 7.52. The second kappa shape index (κ2) is 7.34. The summed E-state index contributed by atoms with van der Waals surface area (Å²) >= 11 is 0. The number of nitrogens with one attached hydrogen (secondary N) is 4. The summed E-state index contributed by atoms with van der Waals surface area (Å²) in [5.74, 6) is 0.599. The van der Waals surface area contributed by atoms with E-state index in [0.29, 0.717) is 23.2 Å². The van der Waals surface area contributed by atoms with E-state index in [1.54, 1.807) is 10.6 Å². The number of nitrogens with zero attached hydrogens (tertiary/aromatic N) is 5. The Bertz CT molecular complexity index is 1130. The molecule has 1 saturated carbocycles. The van der Waals surface area contributed by atoms with Crippen LogP contribution in [-0.2, 0) is 4.79 Å². The summed E-state index contributed by atoms with van der Waals surface area (Å²) in [6, 6.07) is 5.53. The maximum atomic E-state index is 12.2. The number of aromatic nitrogens is 5. The Kier molecular flexibility index (Phi) is 4.51. The molecule has 3 aromatic heterocycles. The smallest absolute Gasteiger partial charge is 0.273 e. The van der Waals surface area contributed by atoms with Crippen LogP contribution in [0, 0.1) is 5.92 Å². The molecule has 4 N–H and O–H groups in total. The molecule has 2 amide bonds. The van der Waals surface area contributed by atoms with Crippen LogP contribution in [0.5, 0.6) is 0 Å². The molecule has 0 aromatic carbocycles. The van der Waals surface area contributed by atoms with Gasteiger partial charge in [0.25, 0.3) is 5.91 Å². The molecule has 11 nitrogen and oxygen atoms in total. The van der Waals surface area contributed by atoms with Gasteiger partial charge in [-0.15, -0.1) is 15.3 Å². The minimum absolute atomic E-state index is 0.0296. The predicted octanol–water partition coefficient (Wildman–Crippen LogP) is 0.658. The Morgan fingerprint density at radius 3 is 2.73 bits per heavy atom. The first-order valence-corrected chi connectivity index (χ1v) is 9.85. The average molecular weight is 407 g/mol. The molecule has 154 valence electrons. The van der Waals surface area contributed by atoms with Crippen LogP contribution in [0.15, 0.2) is 24.4 Å². The molecule has 0 radical (unpaired) electrons. The van der Waals surface area contributed by atoms with Gasteiger partial charge in [0.2, 0.25) is 11.9 Å². The van der Waals surface area contributed by atoms with Gasteiger partial charge in [0.05, 0.1) is 5.69 Å². The van der Waals surface area contributed by atoms with Crippen LogP contribution >= 0.6 is 0 Å². The lowest BCUT2D eigenvalue weighted by molar-refractivity contribution is -0.117. The Morgan fingerprint density at radius 2 is 2.03 bits per heavy atom. The fourth-order valence-corrected chi connectivity index (χ4v) is 3.25. The number of rotatable bonds is 6. The number of carbonyl (C=O) groups excluding carboxylic acids is 2. The van der Waals surface area contributed by atoms with Gasteiger partial charge in [0.1, 0.15) is 0 Å². The molecule has 3 aromatic rings. The summed E-state index contributed by atoms with van der Waals surface area (Å²) in [5.41, 5.74) is 2.32. The van der Waals surface area contributed by atoms with Crippen LogP contribution < -0.4 is 21.3 Å². The number of carbonyl (C=O) groups is 2. The Morgan fingerprint density at radius 1 is 1.20 bits per heavy atom. The first kappa shape index (κ1) is 18.4. The molecule has 1 aliphatic carbocycles. The zero-order valence-electron chi connectivity index (χ0n) is 16.3. The lowest BCUT2D eigenvalue weighted by atomic mass is 9.95. The number of pyridine rings is 1. The van der Waals surface area contributed by atoms with E-state index in [2.05, 4.69) is 47.6 Å². The predicted molar refractivity (Wildman–Crippen MR) is 109 cm³/mol. The first-order chi connectivity index (χ1) is 14.6. The zero-order chi connectivity index (χ0) is 20.7.